The summed E-state index contributed by atoms with van der Waals surface area (Å²) < 4.78 is 0. The lowest BCUT2D eigenvalue weighted by molar-refractivity contribution is 0.211. The van der Waals surface area contributed by atoms with Gasteiger partial charge >= 0.3 is 0 Å². The van der Waals surface area contributed by atoms with Crippen LogP contribution in [0.2, 0.25) is 0 Å². The Hall–Kier alpha value is -2.70. The molecule has 6 nitrogen and oxygen atoms in total. The number of rotatable bonds is 5. The minimum absolute atomic E-state index is 0.442. The molecule has 1 aromatic heterocycles. The van der Waals surface area contributed by atoms with Crippen LogP contribution < -0.4 is 10.2 Å². The summed E-state index contributed by atoms with van der Waals surface area (Å²) in [6, 6.07) is 15.7. The highest BCUT2D eigenvalue weighted by atomic mass is 15.3. The van der Waals surface area contributed by atoms with Crippen molar-refractivity contribution in [2.45, 2.75) is 39.3 Å². The summed E-state index contributed by atoms with van der Waals surface area (Å²) in [5.41, 5.74) is 5.02. The normalized spacial score (nSPS) is 18.7. The monoisotopic (exact) mass is 444 g/mol. The summed E-state index contributed by atoms with van der Waals surface area (Å²) in [5.74, 6) is 1.86. The lowest BCUT2D eigenvalue weighted by Gasteiger charge is -2.34. The van der Waals surface area contributed by atoms with Crippen LogP contribution in [-0.2, 0) is 6.54 Å². The van der Waals surface area contributed by atoms with Crippen LogP contribution in [0.3, 0.4) is 0 Å². The molecular formula is C27H36N6. The summed E-state index contributed by atoms with van der Waals surface area (Å²) in [5, 5.41) is 4.97. The molecule has 3 aromatic rings. The average molecular weight is 445 g/mol. The predicted octanol–water partition coefficient (Wildman–Crippen LogP) is 4.07. The second-order valence-corrected chi connectivity index (χ2v) is 9.80. The molecule has 0 unspecified atom stereocenters. The molecule has 0 amide bonds. The first-order valence-corrected chi connectivity index (χ1v) is 12.3. The third-order valence-corrected chi connectivity index (χ3v) is 7.26. The van der Waals surface area contributed by atoms with E-state index >= 15 is 0 Å². The van der Waals surface area contributed by atoms with Crippen molar-refractivity contribution in [2.24, 2.45) is 0 Å². The quantitative estimate of drug-likeness (QED) is 0.640. The second kappa shape index (κ2) is 9.65. The number of aryl methyl sites for hydroxylation is 2. The number of hydrogen-bond acceptors (Lipinski definition) is 6. The van der Waals surface area contributed by atoms with Crippen LogP contribution in [0.15, 0.2) is 42.5 Å². The first kappa shape index (κ1) is 22.1. The number of nitrogens with one attached hydrogen (secondary N) is 1. The minimum Gasteiger partial charge on any atom is -0.367 e. The van der Waals surface area contributed by atoms with Gasteiger partial charge in [-0.05, 0) is 62.6 Å². The van der Waals surface area contributed by atoms with Gasteiger partial charge in [-0.3, -0.25) is 4.90 Å². The summed E-state index contributed by atoms with van der Waals surface area (Å²) in [4.78, 5) is 17.3. The van der Waals surface area contributed by atoms with Crippen molar-refractivity contribution < 1.29 is 0 Å². The number of benzene rings is 2. The molecule has 0 saturated carbocycles. The summed E-state index contributed by atoms with van der Waals surface area (Å²) in [7, 11) is 2.18. The van der Waals surface area contributed by atoms with Gasteiger partial charge in [-0.1, -0.05) is 30.3 Å². The highest BCUT2D eigenvalue weighted by Gasteiger charge is 2.23. The molecule has 2 aliphatic rings. The third kappa shape index (κ3) is 5.12. The molecule has 2 aliphatic heterocycles. The van der Waals surface area contributed by atoms with Gasteiger partial charge in [-0.25, -0.2) is 4.98 Å². The second-order valence-electron chi connectivity index (χ2n) is 9.80. The summed E-state index contributed by atoms with van der Waals surface area (Å²) in [6.07, 6.45) is 2.26. The molecule has 174 valence electrons. The molecular weight excluding hydrogens is 408 g/mol. The van der Waals surface area contributed by atoms with Crippen molar-refractivity contribution in [1.82, 2.24) is 19.8 Å². The van der Waals surface area contributed by atoms with Gasteiger partial charge in [-0.15, -0.1) is 0 Å². The highest BCUT2D eigenvalue weighted by Crippen LogP contribution is 2.29. The van der Waals surface area contributed by atoms with E-state index in [-0.39, 0.29) is 0 Å². The van der Waals surface area contributed by atoms with Crippen molar-refractivity contribution in [3.63, 3.8) is 0 Å². The van der Waals surface area contributed by atoms with E-state index in [0.717, 1.165) is 81.3 Å². The highest BCUT2D eigenvalue weighted by molar-refractivity contribution is 5.91. The number of fused-ring (bicyclic) bond motifs is 1. The SMILES string of the molecule is Cc1cc2nc(N3CCN(C)CC3)nc(NC3CCN(Cc4ccccc4)CC3)c2cc1C. The zero-order chi connectivity index (χ0) is 22.8. The van der Waals surface area contributed by atoms with Crippen LogP contribution in [-0.4, -0.2) is 72.1 Å². The maximum atomic E-state index is 5.07. The van der Waals surface area contributed by atoms with Crippen molar-refractivity contribution in [1.29, 1.82) is 0 Å². The van der Waals surface area contributed by atoms with Crippen molar-refractivity contribution in [2.75, 3.05) is 56.5 Å². The Balaban J connectivity index is 1.34. The number of anilines is 2. The molecule has 2 aromatic carbocycles. The van der Waals surface area contributed by atoms with E-state index in [4.69, 9.17) is 9.97 Å². The number of likely N-dealkylation sites (N-methyl/N-ethyl adjacent to an activating group) is 1. The number of hydrogen-bond donors (Lipinski definition) is 1. The van der Waals surface area contributed by atoms with Gasteiger partial charge in [0.15, 0.2) is 0 Å². The van der Waals surface area contributed by atoms with Gasteiger partial charge in [-0.2, -0.15) is 4.98 Å². The molecule has 5 rings (SSSR count). The Morgan fingerprint density at radius 1 is 0.879 bits per heavy atom. The molecule has 6 heteroatoms. The Morgan fingerprint density at radius 3 is 2.30 bits per heavy atom. The van der Waals surface area contributed by atoms with Crippen LogP contribution in [0, 0.1) is 13.8 Å². The smallest absolute Gasteiger partial charge is 0.227 e. The van der Waals surface area contributed by atoms with Gasteiger partial charge in [0.2, 0.25) is 5.95 Å². The van der Waals surface area contributed by atoms with Crippen LogP contribution in [0.4, 0.5) is 11.8 Å². The number of likely N-dealkylation sites (tertiary alicyclic amines) is 1. The summed E-state index contributed by atoms with van der Waals surface area (Å²) >= 11 is 0. The van der Waals surface area contributed by atoms with Crippen molar-refractivity contribution >= 4 is 22.7 Å². The van der Waals surface area contributed by atoms with E-state index in [1.165, 1.54) is 16.7 Å². The van der Waals surface area contributed by atoms with Gasteiger partial charge in [0, 0.05) is 57.2 Å². The van der Waals surface area contributed by atoms with E-state index in [0.29, 0.717) is 6.04 Å². The Bertz CT molecular complexity index is 1080. The Morgan fingerprint density at radius 2 is 1.58 bits per heavy atom. The van der Waals surface area contributed by atoms with Crippen LogP contribution in [0.1, 0.15) is 29.5 Å². The van der Waals surface area contributed by atoms with Gasteiger partial charge < -0.3 is 15.1 Å². The largest absolute Gasteiger partial charge is 0.367 e. The maximum Gasteiger partial charge on any atom is 0.227 e. The molecule has 3 heterocycles. The van der Waals surface area contributed by atoms with E-state index in [1.54, 1.807) is 0 Å². The Kier molecular flexibility index (Phi) is 6.47. The molecule has 2 fully saturated rings. The first-order chi connectivity index (χ1) is 16.0. The van der Waals surface area contributed by atoms with Crippen LogP contribution in [0.25, 0.3) is 10.9 Å². The lowest BCUT2D eigenvalue weighted by atomic mass is 10.0. The topological polar surface area (TPSA) is 47.5 Å². The zero-order valence-electron chi connectivity index (χ0n) is 20.2. The minimum atomic E-state index is 0.442. The van der Waals surface area contributed by atoms with Gasteiger partial charge in [0.05, 0.1) is 5.52 Å². The van der Waals surface area contributed by atoms with Gasteiger partial charge in [0.1, 0.15) is 5.82 Å². The van der Waals surface area contributed by atoms with Crippen LogP contribution >= 0.6 is 0 Å². The fraction of sp³-hybridized carbons (Fsp3) is 0.481. The average Bonchev–Trinajstić information content (AvgIpc) is 2.82. The van der Waals surface area contributed by atoms with E-state index in [2.05, 4.69) is 83.4 Å². The summed E-state index contributed by atoms with van der Waals surface area (Å²) in [6.45, 7) is 11.7. The standard InChI is InChI=1S/C27H36N6/c1-20-17-24-25(18-21(20)2)29-27(33-15-13-31(3)14-16-33)30-26(24)28-23-9-11-32(12-10-23)19-22-7-5-4-6-8-22/h4-8,17-18,23H,9-16,19H2,1-3H3,(H,28,29,30). The maximum absolute atomic E-state index is 5.07. The number of piperidine rings is 1. The molecule has 33 heavy (non-hydrogen) atoms. The number of aromatic nitrogens is 2. The molecule has 2 saturated heterocycles. The third-order valence-electron chi connectivity index (χ3n) is 7.26. The zero-order valence-corrected chi connectivity index (χ0v) is 20.2. The Labute approximate surface area is 197 Å². The molecule has 0 aliphatic carbocycles. The number of piperazine rings is 1. The molecule has 0 radical (unpaired) electrons. The fourth-order valence-electron chi connectivity index (χ4n) is 4.90. The van der Waals surface area contributed by atoms with E-state index < -0.39 is 0 Å². The fourth-order valence-corrected chi connectivity index (χ4v) is 4.90. The lowest BCUT2D eigenvalue weighted by Crippen LogP contribution is -2.45. The van der Waals surface area contributed by atoms with Gasteiger partial charge in [0.25, 0.3) is 0 Å². The molecule has 0 bridgehead atoms. The van der Waals surface area contributed by atoms with E-state index in [1.807, 2.05) is 0 Å². The molecule has 1 N–H and O–H groups in total. The molecule has 0 atom stereocenters. The van der Waals surface area contributed by atoms with E-state index in [9.17, 15) is 0 Å². The first-order valence-electron chi connectivity index (χ1n) is 12.3. The van der Waals surface area contributed by atoms with Crippen molar-refractivity contribution in [3.05, 3.63) is 59.2 Å². The van der Waals surface area contributed by atoms with Crippen molar-refractivity contribution in [3.8, 4) is 0 Å². The predicted molar refractivity (Wildman–Crippen MR) is 137 cm³/mol. The molecule has 0 spiro atoms. The number of nitrogens with zero attached hydrogens (tertiary/aromatic N) is 5. The van der Waals surface area contributed by atoms with Crippen LogP contribution in [0.5, 0.6) is 0 Å².